The zero-order chi connectivity index (χ0) is 12.3. The van der Waals surface area contributed by atoms with Crippen LogP contribution in [-0.2, 0) is 4.74 Å². The maximum absolute atomic E-state index is 11.8. The van der Waals surface area contributed by atoms with Gasteiger partial charge < -0.3 is 4.74 Å². The van der Waals surface area contributed by atoms with Crippen LogP contribution in [0.5, 0.6) is 0 Å². The molecule has 0 spiro atoms. The third-order valence-corrected chi connectivity index (χ3v) is 3.20. The first-order valence-corrected chi connectivity index (χ1v) is 6.23. The summed E-state index contributed by atoms with van der Waals surface area (Å²) in [5, 5.41) is 7.60. The number of ether oxygens (including phenoxy) is 1. The second-order valence-electron chi connectivity index (χ2n) is 4.54. The van der Waals surface area contributed by atoms with Gasteiger partial charge in [0.2, 0.25) is 0 Å². The Balaban J connectivity index is 1.94. The Morgan fingerprint density at radius 3 is 2.88 bits per heavy atom. The lowest BCUT2D eigenvalue weighted by Gasteiger charge is -2.26. The van der Waals surface area contributed by atoms with E-state index < -0.39 is 5.97 Å². The van der Waals surface area contributed by atoms with Gasteiger partial charge in [-0.2, -0.15) is 0 Å². The van der Waals surface area contributed by atoms with Gasteiger partial charge in [-0.15, -0.1) is 10.2 Å². The van der Waals surface area contributed by atoms with Gasteiger partial charge in [0.05, 0.1) is 0 Å². The average Bonchev–Trinajstić information content (AvgIpc) is 2.29. The van der Waals surface area contributed by atoms with Crippen molar-refractivity contribution in [2.24, 2.45) is 5.92 Å². The Morgan fingerprint density at radius 2 is 2.24 bits per heavy atom. The molecule has 1 aromatic rings. The fourth-order valence-corrected chi connectivity index (χ4v) is 2.22. The van der Waals surface area contributed by atoms with Gasteiger partial charge in [0.15, 0.2) is 10.8 Å². The lowest BCUT2D eigenvalue weighted by atomic mass is 9.89. The molecule has 2 unspecified atom stereocenters. The molecule has 1 aliphatic carbocycles. The van der Waals surface area contributed by atoms with Crippen LogP contribution in [-0.4, -0.2) is 22.3 Å². The molecule has 0 amide bonds. The highest BCUT2D eigenvalue weighted by Gasteiger charge is 2.23. The molecule has 0 radical (unpaired) electrons. The van der Waals surface area contributed by atoms with Crippen molar-refractivity contribution in [2.45, 2.75) is 38.7 Å². The number of carbonyl (C=O) groups excluding carboxylic acids is 1. The molecule has 0 aliphatic heterocycles. The number of carbonyl (C=O) groups is 1. The van der Waals surface area contributed by atoms with E-state index >= 15 is 0 Å². The largest absolute Gasteiger partial charge is 0.458 e. The van der Waals surface area contributed by atoms with E-state index in [1.54, 1.807) is 0 Å². The summed E-state index contributed by atoms with van der Waals surface area (Å²) < 4.78 is 5.40. The molecule has 1 aliphatic rings. The molecule has 4 nitrogen and oxygen atoms in total. The first-order valence-electron chi connectivity index (χ1n) is 5.85. The molecule has 1 fully saturated rings. The van der Waals surface area contributed by atoms with Crippen LogP contribution in [0, 0.1) is 5.92 Å². The number of nitrogens with zero attached hydrogens (tertiary/aromatic N) is 2. The summed E-state index contributed by atoms with van der Waals surface area (Å²) in [4.78, 5) is 11.8. The molecular weight excluding hydrogens is 240 g/mol. The quantitative estimate of drug-likeness (QED) is 0.762. The Hall–Kier alpha value is -1.16. The van der Waals surface area contributed by atoms with E-state index in [2.05, 4.69) is 17.1 Å². The topological polar surface area (TPSA) is 52.1 Å². The number of esters is 1. The summed E-state index contributed by atoms with van der Waals surface area (Å²) in [6.07, 6.45) is 4.23. The first-order chi connectivity index (χ1) is 8.15. The summed E-state index contributed by atoms with van der Waals surface area (Å²) in [6, 6.07) is 3.07. The molecule has 5 heteroatoms. The van der Waals surface area contributed by atoms with Crippen molar-refractivity contribution in [3.05, 3.63) is 23.0 Å². The molecule has 1 saturated carbocycles. The summed E-state index contributed by atoms with van der Waals surface area (Å²) in [5.41, 5.74) is 0.215. The van der Waals surface area contributed by atoms with Gasteiger partial charge in [-0.05, 0) is 37.3 Å². The molecule has 0 bridgehead atoms. The number of hydrogen-bond donors (Lipinski definition) is 0. The third kappa shape index (κ3) is 3.40. The highest BCUT2D eigenvalue weighted by molar-refractivity contribution is 6.29. The average molecular weight is 255 g/mol. The smallest absolute Gasteiger partial charge is 0.359 e. The first kappa shape index (κ1) is 12.3. The van der Waals surface area contributed by atoms with Crippen molar-refractivity contribution in [1.29, 1.82) is 0 Å². The maximum Gasteiger partial charge on any atom is 0.359 e. The highest BCUT2D eigenvalue weighted by atomic mass is 35.5. The Bertz CT molecular complexity index is 394. The minimum Gasteiger partial charge on any atom is -0.458 e. The number of hydrogen-bond acceptors (Lipinski definition) is 4. The van der Waals surface area contributed by atoms with Crippen molar-refractivity contribution in [2.75, 3.05) is 0 Å². The SMILES string of the molecule is CC1CCCC(OC(=O)c2ccc(Cl)nn2)C1. The molecule has 0 saturated heterocycles. The maximum atomic E-state index is 11.8. The standard InChI is InChI=1S/C12H15ClN2O2/c1-8-3-2-4-9(7-8)17-12(16)10-5-6-11(13)15-14-10/h5-6,8-9H,2-4,7H2,1H3. The van der Waals surface area contributed by atoms with Crippen LogP contribution >= 0.6 is 11.6 Å². The van der Waals surface area contributed by atoms with Gasteiger partial charge in [0.25, 0.3) is 0 Å². The van der Waals surface area contributed by atoms with Crippen molar-refractivity contribution in [3.63, 3.8) is 0 Å². The van der Waals surface area contributed by atoms with Gasteiger partial charge in [-0.25, -0.2) is 4.79 Å². The number of aromatic nitrogens is 2. The van der Waals surface area contributed by atoms with Crippen molar-refractivity contribution >= 4 is 17.6 Å². The van der Waals surface area contributed by atoms with E-state index in [9.17, 15) is 4.79 Å². The monoisotopic (exact) mass is 254 g/mol. The van der Waals surface area contributed by atoms with Crippen LogP contribution in [0.2, 0.25) is 5.15 Å². The van der Waals surface area contributed by atoms with E-state index in [-0.39, 0.29) is 17.0 Å². The molecule has 2 atom stereocenters. The molecule has 1 aromatic heterocycles. The predicted molar refractivity (Wildman–Crippen MR) is 63.9 cm³/mol. The molecular formula is C12H15ClN2O2. The summed E-state index contributed by atoms with van der Waals surface area (Å²) >= 11 is 5.60. The van der Waals surface area contributed by atoms with E-state index in [0.29, 0.717) is 5.92 Å². The fraction of sp³-hybridized carbons (Fsp3) is 0.583. The second kappa shape index (κ2) is 5.45. The zero-order valence-electron chi connectivity index (χ0n) is 9.73. The second-order valence-corrected chi connectivity index (χ2v) is 4.93. The molecule has 17 heavy (non-hydrogen) atoms. The van der Waals surface area contributed by atoms with Crippen LogP contribution in [0.3, 0.4) is 0 Å². The van der Waals surface area contributed by atoms with Crippen molar-refractivity contribution < 1.29 is 9.53 Å². The molecule has 1 heterocycles. The molecule has 0 N–H and O–H groups in total. The lowest BCUT2D eigenvalue weighted by molar-refractivity contribution is 0.0147. The van der Waals surface area contributed by atoms with E-state index in [4.69, 9.17) is 16.3 Å². The minimum absolute atomic E-state index is 0.0173. The number of rotatable bonds is 2. The third-order valence-electron chi connectivity index (χ3n) is 3.00. The normalized spacial score (nSPS) is 24.4. The van der Waals surface area contributed by atoms with Gasteiger partial charge in [0, 0.05) is 0 Å². The van der Waals surface area contributed by atoms with Crippen molar-refractivity contribution in [3.8, 4) is 0 Å². The lowest BCUT2D eigenvalue weighted by Crippen LogP contribution is -2.25. The number of halogens is 1. The van der Waals surface area contributed by atoms with Crippen LogP contribution in [0.25, 0.3) is 0 Å². The van der Waals surface area contributed by atoms with Gasteiger partial charge in [0.1, 0.15) is 6.10 Å². The molecule has 2 rings (SSSR count). The van der Waals surface area contributed by atoms with Gasteiger partial charge in [-0.3, -0.25) is 0 Å². The molecule has 0 aromatic carbocycles. The summed E-state index contributed by atoms with van der Waals surface area (Å²) in [7, 11) is 0. The van der Waals surface area contributed by atoms with E-state index in [1.165, 1.54) is 18.6 Å². The van der Waals surface area contributed by atoms with E-state index in [1.807, 2.05) is 0 Å². The summed E-state index contributed by atoms with van der Waals surface area (Å²) in [5.74, 6) is 0.214. The Morgan fingerprint density at radius 1 is 1.41 bits per heavy atom. The van der Waals surface area contributed by atoms with E-state index in [0.717, 1.165) is 19.3 Å². The van der Waals surface area contributed by atoms with Crippen LogP contribution < -0.4 is 0 Å². The predicted octanol–water partition coefficient (Wildman–Crippen LogP) is 2.87. The van der Waals surface area contributed by atoms with Crippen LogP contribution in [0.1, 0.15) is 43.1 Å². The van der Waals surface area contributed by atoms with Crippen molar-refractivity contribution in [1.82, 2.24) is 10.2 Å². The zero-order valence-corrected chi connectivity index (χ0v) is 10.5. The van der Waals surface area contributed by atoms with Crippen LogP contribution in [0.15, 0.2) is 12.1 Å². The Kier molecular flexibility index (Phi) is 3.94. The molecule has 92 valence electrons. The van der Waals surface area contributed by atoms with Gasteiger partial charge >= 0.3 is 5.97 Å². The summed E-state index contributed by atoms with van der Waals surface area (Å²) in [6.45, 7) is 2.18. The minimum atomic E-state index is -0.409. The van der Waals surface area contributed by atoms with Crippen LogP contribution in [0.4, 0.5) is 0 Å². The highest BCUT2D eigenvalue weighted by Crippen LogP contribution is 2.26. The van der Waals surface area contributed by atoms with Gasteiger partial charge in [-0.1, -0.05) is 24.9 Å². The Labute approximate surface area is 105 Å². The fourth-order valence-electron chi connectivity index (χ4n) is 2.12.